The quantitative estimate of drug-likeness (QED) is 0.858. The smallest absolute Gasteiger partial charge is 0.251 e. The van der Waals surface area contributed by atoms with Crippen molar-refractivity contribution in [3.63, 3.8) is 0 Å². The lowest BCUT2D eigenvalue weighted by Gasteiger charge is -2.32. The van der Waals surface area contributed by atoms with E-state index < -0.39 is 0 Å². The Morgan fingerprint density at radius 1 is 0.962 bits per heavy atom. The van der Waals surface area contributed by atoms with Crippen molar-refractivity contribution in [3.8, 4) is 0 Å². The number of likely N-dealkylation sites (tertiary alicyclic amines) is 1. The normalized spacial score (nSPS) is 14.9. The molecule has 0 unspecified atom stereocenters. The highest BCUT2D eigenvalue weighted by Crippen LogP contribution is 2.25. The number of rotatable bonds is 4. The van der Waals surface area contributed by atoms with E-state index in [0.717, 1.165) is 12.8 Å². The van der Waals surface area contributed by atoms with Gasteiger partial charge in [0.1, 0.15) is 0 Å². The molecule has 2 aromatic carbocycles. The van der Waals surface area contributed by atoms with Crippen molar-refractivity contribution in [2.75, 3.05) is 13.1 Å². The second-order valence-corrected chi connectivity index (χ2v) is 7.19. The number of amides is 2. The molecule has 1 aliphatic rings. The molecule has 6 heteroatoms. The SMILES string of the molecule is O=C(NC1CCN(C(=O)Cc2c(Cl)cccc2Cl)CC1)c1ccccc1. The molecule has 2 amide bonds. The Kier molecular flexibility index (Phi) is 6.17. The van der Waals surface area contributed by atoms with Gasteiger partial charge in [-0.05, 0) is 42.7 Å². The Bertz CT molecular complexity index is 767. The number of carbonyl (C=O) groups excluding carboxylic acids is 2. The molecule has 0 atom stereocenters. The molecule has 4 nitrogen and oxygen atoms in total. The topological polar surface area (TPSA) is 49.4 Å². The zero-order valence-corrected chi connectivity index (χ0v) is 15.8. The first-order valence-electron chi connectivity index (χ1n) is 8.61. The second-order valence-electron chi connectivity index (χ2n) is 6.37. The van der Waals surface area contributed by atoms with Crippen LogP contribution in [0.15, 0.2) is 48.5 Å². The predicted molar refractivity (Wildman–Crippen MR) is 104 cm³/mol. The van der Waals surface area contributed by atoms with Gasteiger partial charge in [-0.25, -0.2) is 0 Å². The Balaban J connectivity index is 1.52. The first-order valence-corrected chi connectivity index (χ1v) is 9.37. The van der Waals surface area contributed by atoms with Gasteiger partial charge in [0.25, 0.3) is 5.91 Å². The molecule has 2 aromatic rings. The van der Waals surface area contributed by atoms with Crippen LogP contribution in [0.5, 0.6) is 0 Å². The molecule has 1 saturated heterocycles. The number of piperidine rings is 1. The molecule has 1 N–H and O–H groups in total. The lowest BCUT2D eigenvalue weighted by atomic mass is 10.0. The summed E-state index contributed by atoms with van der Waals surface area (Å²) in [7, 11) is 0. The van der Waals surface area contributed by atoms with Gasteiger partial charge >= 0.3 is 0 Å². The van der Waals surface area contributed by atoms with Crippen molar-refractivity contribution in [1.82, 2.24) is 10.2 Å². The van der Waals surface area contributed by atoms with Gasteiger partial charge in [-0.1, -0.05) is 47.5 Å². The molecule has 1 heterocycles. The van der Waals surface area contributed by atoms with Crippen LogP contribution in [0.1, 0.15) is 28.8 Å². The maximum absolute atomic E-state index is 12.5. The van der Waals surface area contributed by atoms with Crippen molar-refractivity contribution in [1.29, 1.82) is 0 Å². The molecule has 3 rings (SSSR count). The molecule has 0 aliphatic carbocycles. The summed E-state index contributed by atoms with van der Waals surface area (Å²) in [4.78, 5) is 26.6. The number of nitrogens with zero attached hydrogens (tertiary/aromatic N) is 1. The van der Waals surface area contributed by atoms with Crippen LogP contribution < -0.4 is 5.32 Å². The molecule has 0 bridgehead atoms. The summed E-state index contributed by atoms with van der Waals surface area (Å²) in [5.41, 5.74) is 1.32. The van der Waals surface area contributed by atoms with Crippen LogP contribution in [0, 0.1) is 0 Å². The predicted octanol–water partition coefficient (Wildman–Crippen LogP) is 3.96. The average Bonchev–Trinajstić information content (AvgIpc) is 2.66. The van der Waals surface area contributed by atoms with Gasteiger partial charge < -0.3 is 10.2 Å². The maximum atomic E-state index is 12.5. The van der Waals surface area contributed by atoms with Crippen LogP contribution in [0.25, 0.3) is 0 Å². The van der Waals surface area contributed by atoms with Crippen LogP contribution in [-0.4, -0.2) is 35.8 Å². The fraction of sp³-hybridized carbons (Fsp3) is 0.300. The van der Waals surface area contributed by atoms with E-state index in [1.165, 1.54) is 0 Å². The van der Waals surface area contributed by atoms with Crippen LogP contribution in [0.2, 0.25) is 10.0 Å². The van der Waals surface area contributed by atoms with E-state index >= 15 is 0 Å². The van der Waals surface area contributed by atoms with E-state index in [1.807, 2.05) is 23.1 Å². The van der Waals surface area contributed by atoms with E-state index in [0.29, 0.717) is 34.3 Å². The molecule has 0 aromatic heterocycles. The molecule has 26 heavy (non-hydrogen) atoms. The first-order chi connectivity index (χ1) is 12.5. The largest absolute Gasteiger partial charge is 0.349 e. The van der Waals surface area contributed by atoms with Crippen molar-refractivity contribution in [2.24, 2.45) is 0 Å². The molecule has 0 radical (unpaired) electrons. The fourth-order valence-electron chi connectivity index (χ4n) is 3.10. The van der Waals surface area contributed by atoms with Crippen molar-refractivity contribution in [3.05, 3.63) is 69.7 Å². The second kappa shape index (κ2) is 8.56. The molecule has 0 saturated carbocycles. The summed E-state index contributed by atoms with van der Waals surface area (Å²) in [5.74, 6) is -0.0638. The third kappa shape index (κ3) is 4.57. The highest BCUT2D eigenvalue weighted by molar-refractivity contribution is 6.36. The van der Waals surface area contributed by atoms with Gasteiger partial charge in [0.05, 0.1) is 6.42 Å². The number of hydrogen-bond donors (Lipinski definition) is 1. The number of halogens is 2. The van der Waals surface area contributed by atoms with Crippen LogP contribution in [0.3, 0.4) is 0 Å². The van der Waals surface area contributed by atoms with E-state index in [-0.39, 0.29) is 24.3 Å². The summed E-state index contributed by atoms with van der Waals surface area (Å²) >= 11 is 12.3. The molecule has 136 valence electrons. The Morgan fingerprint density at radius 3 is 2.19 bits per heavy atom. The van der Waals surface area contributed by atoms with Gasteiger partial charge in [0, 0.05) is 34.7 Å². The maximum Gasteiger partial charge on any atom is 0.251 e. The average molecular weight is 391 g/mol. The van der Waals surface area contributed by atoms with Gasteiger partial charge in [-0.15, -0.1) is 0 Å². The van der Waals surface area contributed by atoms with Gasteiger partial charge in [-0.3, -0.25) is 9.59 Å². The number of hydrogen-bond acceptors (Lipinski definition) is 2. The first kappa shape index (κ1) is 18.7. The summed E-state index contributed by atoms with van der Waals surface area (Å²) in [6.45, 7) is 1.22. The number of carbonyl (C=O) groups is 2. The summed E-state index contributed by atoms with van der Waals surface area (Å²) in [6, 6.07) is 14.5. The Morgan fingerprint density at radius 2 is 1.58 bits per heavy atom. The van der Waals surface area contributed by atoms with Crippen molar-refractivity contribution >= 4 is 35.0 Å². The third-order valence-corrected chi connectivity index (χ3v) is 5.32. The molecular formula is C20H20Cl2N2O2. The van der Waals surface area contributed by atoms with Crippen molar-refractivity contribution in [2.45, 2.75) is 25.3 Å². The summed E-state index contributed by atoms with van der Waals surface area (Å²) in [6.07, 6.45) is 1.67. The van der Waals surface area contributed by atoms with E-state index in [9.17, 15) is 9.59 Å². The van der Waals surface area contributed by atoms with Crippen LogP contribution in [0.4, 0.5) is 0 Å². The van der Waals surface area contributed by atoms with Crippen LogP contribution in [-0.2, 0) is 11.2 Å². The van der Waals surface area contributed by atoms with Gasteiger partial charge in [0.15, 0.2) is 0 Å². The lowest BCUT2D eigenvalue weighted by molar-refractivity contribution is -0.131. The molecule has 1 aliphatic heterocycles. The molecule has 1 fully saturated rings. The fourth-order valence-corrected chi connectivity index (χ4v) is 3.63. The van der Waals surface area contributed by atoms with Gasteiger partial charge in [-0.2, -0.15) is 0 Å². The monoisotopic (exact) mass is 390 g/mol. The van der Waals surface area contributed by atoms with Gasteiger partial charge in [0.2, 0.25) is 5.91 Å². The highest BCUT2D eigenvalue weighted by Gasteiger charge is 2.25. The summed E-state index contributed by atoms with van der Waals surface area (Å²) < 4.78 is 0. The minimum absolute atomic E-state index is 0.00726. The van der Waals surface area contributed by atoms with E-state index in [4.69, 9.17) is 23.2 Å². The minimum atomic E-state index is -0.0711. The summed E-state index contributed by atoms with van der Waals surface area (Å²) in [5, 5.41) is 4.06. The van der Waals surface area contributed by atoms with E-state index in [2.05, 4.69) is 5.32 Å². The lowest BCUT2D eigenvalue weighted by Crippen LogP contribution is -2.47. The Labute approximate surface area is 163 Å². The van der Waals surface area contributed by atoms with Crippen molar-refractivity contribution < 1.29 is 9.59 Å². The van der Waals surface area contributed by atoms with E-state index in [1.54, 1.807) is 30.3 Å². The Hall–Kier alpha value is -2.04. The van der Waals surface area contributed by atoms with Crippen LogP contribution >= 0.6 is 23.2 Å². The zero-order chi connectivity index (χ0) is 18.5. The molecule has 0 spiro atoms. The standard InChI is InChI=1S/C20H20Cl2N2O2/c21-17-7-4-8-18(22)16(17)13-19(25)24-11-9-15(10-12-24)23-20(26)14-5-2-1-3-6-14/h1-8,15H,9-13H2,(H,23,26). The number of nitrogens with one attached hydrogen (secondary N) is 1. The number of benzene rings is 2. The third-order valence-electron chi connectivity index (χ3n) is 4.61. The highest BCUT2D eigenvalue weighted by atomic mass is 35.5. The minimum Gasteiger partial charge on any atom is -0.349 e. The zero-order valence-electron chi connectivity index (χ0n) is 14.3. The molecular weight excluding hydrogens is 371 g/mol.